The van der Waals surface area contributed by atoms with Crippen molar-refractivity contribution in [3.63, 3.8) is 0 Å². The fraction of sp³-hybridized carbons (Fsp3) is 0.333. The Morgan fingerprint density at radius 1 is 1.04 bits per heavy atom. The summed E-state index contributed by atoms with van der Waals surface area (Å²) in [6.07, 6.45) is 4.42. The third kappa shape index (κ3) is 5.92. The number of nitrogens with zero attached hydrogens (tertiary/aromatic N) is 2. The molecule has 138 valence electrons. The second-order valence-corrected chi connectivity index (χ2v) is 6.13. The van der Waals surface area contributed by atoms with Gasteiger partial charge in [0.05, 0.1) is 12.8 Å². The van der Waals surface area contributed by atoms with E-state index in [9.17, 15) is 9.59 Å². The van der Waals surface area contributed by atoms with Crippen LogP contribution in [0.4, 0.5) is 0 Å². The molecule has 5 heteroatoms. The number of rotatable bonds is 10. The van der Waals surface area contributed by atoms with Crippen LogP contribution in [0.3, 0.4) is 0 Å². The minimum absolute atomic E-state index is 0.0293. The van der Waals surface area contributed by atoms with Crippen molar-refractivity contribution in [1.82, 2.24) is 9.80 Å². The van der Waals surface area contributed by atoms with Crippen LogP contribution in [-0.4, -0.2) is 34.7 Å². The summed E-state index contributed by atoms with van der Waals surface area (Å²) >= 11 is 0. The number of hydrogen-bond donors (Lipinski definition) is 0. The minimum atomic E-state index is -0.114. The number of hydrogen-bond acceptors (Lipinski definition) is 3. The van der Waals surface area contributed by atoms with E-state index in [1.165, 1.54) is 0 Å². The SMILES string of the molecule is C=CCN(CC(=O)N(Cc1ccccc1)Cc1ccco1)C(=O)CCC. The second kappa shape index (κ2) is 10.2. The third-order valence-electron chi connectivity index (χ3n) is 3.99. The van der Waals surface area contributed by atoms with Gasteiger partial charge in [0.2, 0.25) is 11.8 Å². The molecule has 0 aliphatic carbocycles. The smallest absolute Gasteiger partial charge is 0.242 e. The zero-order valence-electron chi connectivity index (χ0n) is 15.3. The molecule has 1 aromatic carbocycles. The lowest BCUT2D eigenvalue weighted by Gasteiger charge is -2.26. The Balaban J connectivity index is 2.12. The van der Waals surface area contributed by atoms with Crippen LogP contribution in [0, 0.1) is 0 Å². The van der Waals surface area contributed by atoms with Crippen LogP contribution in [0.2, 0.25) is 0 Å². The van der Waals surface area contributed by atoms with Gasteiger partial charge >= 0.3 is 0 Å². The summed E-state index contributed by atoms with van der Waals surface area (Å²) in [5, 5.41) is 0. The molecule has 0 saturated heterocycles. The summed E-state index contributed by atoms with van der Waals surface area (Å²) in [4.78, 5) is 28.4. The molecule has 0 N–H and O–H groups in total. The van der Waals surface area contributed by atoms with E-state index >= 15 is 0 Å². The highest BCUT2D eigenvalue weighted by Crippen LogP contribution is 2.12. The van der Waals surface area contributed by atoms with Crippen LogP contribution >= 0.6 is 0 Å². The van der Waals surface area contributed by atoms with Crippen molar-refractivity contribution in [2.24, 2.45) is 0 Å². The molecular weight excluding hydrogens is 328 g/mol. The third-order valence-corrected chi connectivity index (χ3v) is 3.99. The molecule has 0 radical (unpaired) electrons. The molecule has 2 aromatic rings. The first-order valence-electron chi connectivity index (χ1n) is 8.86. The zero-order valence-corrected chi connectivity index (χ0v) is 15.3. The first-order chi connectivity index (χ1) is 12.6. The number of carbonyl (C=O) groups is 2. The van der Waals surface area contributed by atoms with Crippen molar-refractivity contribution >= 4 is 11.8 Å². The van der Waals surface area contributed by atoms with Crippen LogP contribution in [0.5, 0.6) is 0 Å². The Kier molecular flexibility index (Phi) is 7.68. The van der Waals surface area contributed by atoms with Gasteiger partial charge in [0.15, 0.2) is 0 Å². The van der Waals surface area contributed by atoms with Crippen molar-refractivity contribution in [1.29, 1.82) is 0 Å². The van der Waals surface area contributed by atoms with Gasteiger partial charge in [-0.1, -0.05) is 43.3 Å². The molecule has 0 saturated carbocycles. The summed E-state index contributed by atoms with van der Waals surface area (Å²) in [5.41, 5.74) is 1.03. The molecule has 26 heavy (non-hydrogen) atoms. The molecular formula is C21H26N2O3. The Morgan fingerprint density at radius 3 is 2.42 bits per heavy atom. The topological polar surface area (TPSA) is 53.8 Å². The van der Waals surface area contributed by atoms with Crippen molar-refractivity contribution in [2.45, 2.75) is 32.9 Å². The van der Waals surface area contributed by atoms with E-state index in [4.69, 9.17) is 4.42 Å². The van der Waals surface area contributed by atoms with Gasteiger partial charge in [-0.25, -0.2) is 0 Å². The van der Waals surface area contributed by atoms with Gasteiger partial charge in [-0.3, -0.25) is 9.59 Å². The van der Waals surface area contributed by atoms with E-state index < -0.39 is 0 Å². The normalized spacial score (nSPS) is 10.3. The van der Waals surface area contributed by atoms with E-state index in [1.54, 1.807) is 28.2 Å². The van der Waals surface area contributed by atoms with Gasteiger partial charge in [0.25, 0.3) is 0 Å². The van der Waals surface area contributed by atoms with Crippen molar-refractivity contribution < 1.29 is 14.0 Å². The molecule has 1 heterocycles. The van der Waals surface area contributed by atoms with Gasteiger partial charge in [0.1, 0.15) is 12.3 Å². The van der Waals surface area contributed by atoms with Crippen LogP contribution in [-0.2, 0) is 22.7 Å². The van der Waals surface area contributed by atoms with Crippen molar-refractivity contribution in [3.8, 4) is 0 Å². The summed E-state index contributed by atoms with van der Waals surface area (Å²) < 4.78 is 5.40. The Hall–Kier alpha value is -2.82. The highest BCUT2D eigenvalue weighted by atomic mass is 16.3. The summed E-state index contributed by atoms with van der Waals surface area (Å²) in [5.74, 6) is 0.569. The van der Waals surface area contributed by atoms with Gasteiger partial charge < -0.3 is 14.2 Å². The number of carbonyl (C=O) groups excluding carboxylic acids is 2. The molecule has 2 rings (SSSR count). The Morgan fingerprint density at radius 2 is 1.81 bits per heavy atom. The first-order valence-corrected chi connectivity index (χ1v) is 8.86. The summed E-state index contributed by atoms with van der Waals surface area (Å²) in [6, 6.07) is 13.4. The fourth-order valence-corrected chi connectivity index (χ4v) is 2.67. The van der Waals surface area contributed by atoms with E-state index in [-0.39, 0.29) is 18.4 Å². The van der Waals surface area contributed by atoms with Gasteiger partial charge in [0, 0.05) is 19.5 Å². The average molecular weight is 354 g/mol. The lowest BCUT2D eigenvalue weighted by molar-refractivity contribution is -0.141. The molecule has 2 amide bonds. The predicted octanol–water partition coefficient (Wildman–Crippen LogP) is 3.62. The summed E-state index contributed by atoms with van der Waals surface area (Å²) in [6.45, 7) is 6.87. The van der Waals surface area contributed by atoms with Crippen LogP contribution in [0.15, 0.2) is 65.8 Å². The maximum atomic E-state index is 12.9. The number of furan rings is 1. The number of benzene rings is 1. The first kappa shape index (κ1) is 19.5. The van der Waals surface area contributed by atoms with Gasteiger partial charge in [-0.15, -0.1) is 6.58 Å². The van der Waals surface area contributed by atoms with E-state index in [0.29, 0.717) is 31.8 Å². The molecule has 0 aliphatic heterocycles. The molecule has 0 aliphatic rings. The van der Waals surface area contributed by atoms with Crippen molar-refractivity contribution in [3.05, 3.63) is 72.7 Å². The summed E-state index contributed by atoms with van der Waals surface area (Å²) in [7, 11) is 0. The monoisotopic (exact) mass is 354 g/mol. The van der Waals surface area contributed by atoms with Crippen LogP contribution in [0.25, 0.3) is 0 Å². The number of amides is 2. The average Bonchev–Trinajstić information content (AvgIpc) is 3.15. The molecule has 0 spiro atoms. The molecule has 0 unspecified atom stereocenters. The molecule has 0 fully saturated rings. The predicted molar refractivity (Wildman–Crippen MR) is 101 cm³/mol. The highest BCUT2D eigenvalue weighted by Gasteiger charge is 2.21. The largest absolute Gasteiger partial charge is 0.467 e. The highest BCUT2D eigenvalue weighted by molar-refractivity contribution is 5.85. The maximum Gasteiger partial charge on any atom is 0.242 e. The molecule has 0 atom stereocenters. The Labute approximate surface area is 154 Å². The van der Waals surface area contributed by atoms with Crippen molar-refractivity contribution in [2.75, 3.05) is 13.1 Å². The van der Waals surface area contributed by atoms with Crippen LogP contribution < -0.4 is 0 Å². The van der Waals surface area contributed by atoms with E-state index in [1.807, 2.05) is 43.3 Å². The molecule has 0 bridgehead atoms. The van der Waals surface area contributed by atoms with Gasteiger partial charge in [-0.2, -0.15) is 0 Å². The lowest BCUT2D eigenvalue weighted by Crippen LogP contribution is -2.42. The van der Waals surface area contributed by atoms with Gasteiger partial charge in [-0.05, 0) is 24.1 Å². The molecule has 1 aromatic heterocycles. The fourth-order valence-electron chi connectivity index (χ4n) is 2.67. The van der Waals surface area contributed by atoms with Crippen LogP contribution in [0.1, 0.15) is 31.1 Å². The maximum absolute atomic E-state index is 12.9. The molecule has 5 nitrogen and oxygen atoms in total. The van der Waals surface area contributed by atoms with E-state index in [0.717, 1.165) is 12.0 Å². The Bertz CT molecular complexity index is 695. The quantitative estimate of drug-likeness (QED) is 0.612. The minimum Gasteiger partial charge on any atom is -0.467 e. The zero-order chi connectivity index (χ0) is 18.8. The second-order valence-electron chi connectivity index (χ2n) is 6.13. The standard InChI is InChI=1S/C21H26N2O3/c1-3-9-20(24)22(13-4-2)17-21(25)23(16-19-12-8-14-26-19)15-18-10-6-5-7-11-18/h4-8,10-12,14H,2-3,9,13,15-17H2,1H3. The van der Waals surface area contributed by atoms with E-state index in [2.05, 4.69) is 6.58 Å². The lowest BCUT2D eigenvalue weighted by atomic mass is 10.2.